The van der Waals surface area contributed by atoms with E-state index in [-0.39, 0.29) is 23.1 Å². The van der Waals surface area contributed by atoms with Crippen LogP contribution in [0.5, 0.6) is 0 Å². The fourth-order valence-electron chi connectivity index (χ4n) is 1.28. The first-order valence-electron chi connectivity index (χ1n) is 4.80. The molecule has 0 N–H and O–H groups in total. The first-order chi connectivity index (χ1) is 6.37. The maximum absolute atomic E-state index is 10.7. The van der Waals surface area contributed by atoms with Crippen molar-refractivity contribution < 1.29 is 19.8 Å². The Morgan fingerprint density at radius 3 is 1.93 bits per heavy atom. The molecule has 0 saturated heterocycles. The van der Waals surface area contributed by atoms with Crippen molar-refractivity contribution in [2.24, 2.45) is 11.3 Å². The third kappa shape index (κ3) is 3.99. The molecule has 0 bridgehead atoms. The van der Waals surface area contributed by atoms with Crippen LogP contribution in [0.3, 0.4) is 0 Å². The number of aliphatic carboxylic acids is 2. The Bertz CT molecular complexity index is 213. The van der Waals surface area contributed by atoms with Crippen LogP contribution < -0.4 is 10.2 Å². The van der Waals surface area contributed by atoms with Gasteiger partial charge in [0.1, 0.15) is 0 Å². The Labute approximate surface area is 106 Å². The maximum atomic E-state index is 10.7. The Hall–Kier alpha value is -0.294. The van der Waals surface area contributed by atoms with E-state index in [2.05, 4.69) is 0 Å². The van der Waals surface area contributed by atoms with Crippen molar-refractivity contribution in [1.29, 1.82) is 0 Å². The second kappa shape index (κ2) is 7.06. The van der Waals surface area contributed by atoms with Crippen LogP contribution in [0, 0.1) is 11.3 Å². The number of hydrogen-bond acceptors (Lipinski definition) is 4. The third-order valence-corrected chi connectivity index (χ3v) is 2.82. The summed E-state index contributed by atoms with van der Waals surface area (Å²) in [6.07, 6.45) is 2.26. The van der Waals surface area contributed by atoms with Gasteiger partial charge in [0.05, 0.1) is 11.9 Å². The van der Waals surface area contributed by atoms with Gasteiger partial charge >= 0.3 is 23.1 Å². The average Bonchev–Trinajstić information content (AvgIpc) is 2.11. The molecule has 0 aromatic carbocycles. The number of hydrogen-bond donors (Lipinski definition) is 0. The van der Waals surface area contributed by atoms with Crippen molar-refractivity contribution >= 4 is 35.0 Å². The van der Waals surface area contributed by atoms with Gasteiger partial charge in [-0.2, -0.15) is 0 Å². The molecule has 0 aliphatic heterocycles. The standard InChI is InChI=1S/C10H18O4.Mg/c1-4-5-6-7(2)10(3,8(11)12)9(13)14;/h7H,4-6H2,1-3H3,(H,11,12)(H,13,14);/q;+2/p-2. The summed E-state index contributed by atoms with van der Waals surface area (Å²) in [6, 6.07) is 0. The second-order valence-corrected chi connectivity index (χ2v) is 3.82. The van der Waals surface area contributed by atoms with E-state index in [0.29, 0.717) is 6.42 Å². The molecule has 0 aromatic rings. The summed E-state index contributed by atoms with van der Waals surface area (Å²) in [6.45, 7) is 4.71. The Morgan fingerprint density at radius 1 is 1.27 bits per heavy atom. The smallest absolute Gasteiger partial charge is 0.549 e. The van der Waals surface area contributed by atoms with Crippen molar-refractivity contribution in [2.75, 3.05) is 0 Å². The molecule has 0 saturated carbocycles. The summed E-state index contributed by atoms with van der Waals surface area (Å²) < 4.78 is 0. The van der Waals surface area contributed by atoms with Crippen LogP contribution in [-0.2, 0) is 9.59 Å². The van der Waals surface area contributed by atoms with Crippen LogP contribution in [0.1, 0.15) is 40.0 Å². The van der Waals surface area contributed by atoms with E-state index in [9.17, 15) is 19.8 Å². The van der Waals surface area contributed by atoms with E-state index in [1.54, 1.807) is 6.92 Å². The van der Waals surface area contributed by atoms with Crippen molar-refractivity contribution in [2.45, 2.75) is 40.0 Å². The molecule has 1 unspecified atom stereocenters. The fourth-order valence-corrected chi connectivity index (χ4v) is 1.28. The predicted octanol–water partition coefficient (Wildman–Crippen LogP) is -1.06. The molecule has 4 nitrogen and oxygen atoms in total. The number of carbonyl (C=O) groups is 2. The number of unbranched alkanes of at least 4 members (excludes halogenated alkanes) is 1. The zero-order valence-electron chi connectivity index (χ0n) is 9.54. The van der Waals surface area contributed by atoms with Crippen LogP contribution in [0.4, 0.5) is 0 Å². The number of carboxylic acid groups (broad SMARTS) is 2. The number of carboxylic acids is 2. The van der Waals surface area contributed by atoms with Gasteiger partial charge < -0.3 is 19.8 Å². The van der Waals surface area contributed by atoms with Gasteiger partial charge in [-0.3, -0.25) is 0 Å². The molecule has 0 rings (SSSR count). The molecule has 15 heavy (non-hydrogen) atoms. The van der Waals surface area contributed by atoms with Gasteiger partial charge in [0.2, 0.25) is 0 Å². The number of rotatable bonds is 6. The minimum absolute atomic E-state index is 0. The van der Waals surface area contributed by atoms with Crippen molar-refractivity contribution in [1.82, 2.24) is 0 Å². The zero-order valence-corrected chi connectivity index (χ0v) is 11.0. The minimum atomic E-state index is -1.88. The van der Waals surface area contributed by atoms with Gasteiger partial charge in [-0.1, -0.05) is 26.7 Å². The molecule has 82 valence electrons. The van der Waals surface area contributed by atoms with E-state index < -0.39 is 23.3 Å². The summed E-state index contributed by atoms with van der Waals surface area (Å²) in [7, 11) is 0. The SMILES string of the molecule is CCCCC(C)C(C)(C(=O)[O-])C(=O)[O-].[Mg+2]. The van der Waals surface area contributed by atoms with Crippen LogP contribution in [0.15, 0.2) is 0 Å². The van der Waals surface area contributed by atoms with E-state index in [4.69, 9.17) is 0 Å². The van der Waals surface area contributed by atoms with Crippen molar-refractivity contribution in [3.63, 3.8) is 0 Å². The van der Waals surface area contributed by atoms with Gasteiger partial charge in [-0.05, 0) is 19.3 Å². The van der Waals surface area contributed by atoms with Gasteiger partial charge in [0, 0.05) is 5.41 Å². The zero-order chi connectivity index (χ0) is 11.4. The Kier molecular flexibility index (Phi) is 8.05. The summed E-state index contributed by atoms with van der Waals surface area (Å²) in [5, 5.41) is 21.5. The molecule has 1 atom stereocenters. The van der Waals surface area contributed by atoms with Crippen molar-refractivity contribution in [3.05, 3.63) is 0 Å². The fraction of sp³-hybridized carbons (Fsp3) is 0.800. The molecule has 0 aromatic heterocycles. The molecule has 0 aliphatic rings. The molecular weight excluding hydrogens is 208 g/mol. The predicted molar refractivity (Wildman–Crippen MR) is 52.6 cm³/mol. The molecule has 0 aliphatic carbocycles. The van der Waals surface area contributed by atoms with Crippen LogP contribution in [-0.4, -0.2) is 35.0 Å². The van der Waals surface area contributed by atoms with Crippen LogP contribution in [0.25, 0.3) is 0 Å². The van der Waals surface area contributed by atoms with E-state index in [1.165, 1.54) is 0 Å². The van der Waals surface area contributed by atoms with Crippen LogP contribution >= 0.6 is 0 Å². The second-order valence-electron chi connectivity index (χ2n) is 3.82. The third-order valence-electron chi connectivity index (χ3n) is 2.82. The average molecular weight is 225 g/mol. The van der Waals surface area contributed by atoms with Crippen molar-refractivity contribution in [3.8, 4) is 0 Å². The molecule has 0 spiro atoms. The van der Waals surface area contributed by atoms with Gasteiger partial charge in [-0.15, -0.1) is 0 Å². The normalized spacial score (nSPS) is 12.7. The summed E-state index contributed by atoms with van der Waals surface area (Å²) >= 11 is 0. The number of carbonyl (C=O) groups excluding carboxylic acids is 2. The van der Waals surface area contributed by atoms with Crippen LogP contribution in [0.2, 0.25) is 0 Å². The van der Waals surface area contributed by atoms with E-state index >= 15 is 0 Å². The quantitative estimate of drug-likeness (QED) is 0.425. The molecular formula is C10H16MgO4. The van der Waals surface area contributed by atoms with Gasteiger partial charge in [-0.25, -0.2) is 0 Å². The first kappa shape index (κ1) is 17.1. The largest absolute Gasteiger partial charge is 2.00 e. The molecule has 0 heterocycles. The molecule has 0 amide bonds. The molecule has 5 heteroatoms. The summed E-state index contributed by atoms with van der Waals surface area (Å²) in [5.41, 5.74) is -1.88. The minimum Gasteiger partial charge on any atom is -0.549 e. The van der Waals surface area contributed by atoms with Gasteiger partial charge in [0.25, 0.3) is 0 Å². The molecule has 0 radical (unpaired) electrons. The Morgan fingerprint density at radius 2 is 1.67 bits per heavy atom. The monoisotopic (exact) mass is 224 g/mol. The van der Waals surface area contributed by atoms with Gasteiger partial charge in [0.15, 0.2) is 0 Å². The maximum Gasteiger partial charge on any atom is 2.00 e. The summed E-state index contributed by atoms with van der Waals surface area (Å²) in [4.78, 5) is 21.5. The summed E-state index contributed by atoms with van der Waals surface area (Å²) in [5.74, 6) is -3.61. The topological polar surface area (TPSA) is 80.3 Å². The Balaban J connectivity index is 0. The van der Waals surface area contributed by atoms with E-state index in [0.717, 1.165) is 19.8 Å². The molecule has 0 fully saturated rings. The van der Waals surface area contributed by atoms with E-state index in [1.807, 2.05) is 6.92 Å². The first-order valence-corrected chi connectivity index (χ1v) is 4.80.